The third kappa shape index (κ3) is 12.9. The van der Waals surface area contributed by atoms with Gasteiger partial charge in [0.15, 0.2) is 0 Å². The second-order valence-electron chi connectivity index (χ2n) is 21.6. The number of aliphatic hydroxyl groups excluding tert-OH is 4. The molecule has 2 aromatic heterocycles. The van der Waals surface area contributed by atoms with Crippen LogP contribution in [0.3, 0.4) is 0 Å². The molecule has 6 nitrogen and oxygen atoms in total. The van der Waals surface area contributed by atoms with Crippen molar-refractivity contribution in [2.75, 3.05) is 6.61 Å². The van der Waals surface area contributed by atoms with E-state index < -0.39 is 78.6 Å². The molecule has 2 aliphatic carbocycles. The van der Waals surface area contributed by atoms with E-state index in [2.05, 4.69) is 30.3 Å². The average Bonchev–Trinajstić information content (AvgIpc) is 4.22. The highest BCUT2D eigenvalue weighted by atomic mass is 32.1. The van der Waals surface area contributed by atoms with Crippen LogP contribution in [-0.4, -0.2) is 69.4 Å². The summed E-state index contributed by atoms with van der Waals surface area (Å²) in [5.74, 6) is -13.0. The predicted molar refractivity (Wildman–Crippen MR) is 309 cm³/mol. The molecule has 8 aromatic rings. The van der Waals surface area contributed by atoms with Gasteiger partial charge in [-0.2, -0.15) is 0 Å². The minimum Gasteiger partial charge on any atom is -0.396 e. The topological polar surface area (TPSA) is 99.4 Å². The zero-order chi connectivity index (χ0) is 56.9. The Hall–Kier alpha value is -5.87. The molecule has 6 aromatic carbocycles. The summed E-state index contributed by atoms with van der Waals surface area (Å²) in [5.41, 5.74) is 9.75. The first-order valence-corrected chi connectivity index (χ1v) is 28.9. The average molecular weight is 1130 g/mol. The minimum absolute atomic E-state index is 0.174. The van der Waals surface area contributed by atoms with E-state index in [1.165, 1.54) is 23.8 Å². The molecule has 10 rings (SSSR count). The molecule has 4 N–H and O–H groups in total. The Morgan fingerprint density at radius 2 is 0.975 bits per heavy atom. The minimum atomic E-state index is -3.60. The van der Waals surface area contributed by atoms with Gasteiger partial charge in [0.05, 0.1) is 62.0 Å². The van der Waals surface area contributed by atoms with E-state index >= 15 is 17.6 Å². The van der Waals surface area contributed by atoms with Gasteiger partial charge in [-0.25, -0.2) is 22.0 Å². The van der Waals surface area contributed by atoms with Gasteiger partial charge in [-0.3, -0.25) is 0 Å². The first kappa shape index (κ1) is 58.8. The van der Waals surface area contributed by atoms with Crippen LogP contribution in [0.1, 0.15) is 91.9 Å². The Morgan fingerprint density at radius 1 is 0.512 bits per heavy atom. The first-order chi connectivity index (χ1) is 38.4. The van der Waals surface area contributed by atoms with Crippen molar-refractivity contribution in [3.05, 3.63) is 236 Å². The maximum atomic E-state index is 16.9. The van der Waals surface area contributed by atoms with Crippen molar-refractivity contribution in [1.82, 2.24) is 0 Å². The Labute approximate surface area is 474 Å². The molecular formula is C67H69F5O6S2. The van der Waals surface area contributed by atoms with Crippen LogP contribution in [0.25, 0.3) is 20.9 Å². The van der Waals surface area contributed by atoms with Crippen molar-refractivity contribution in [3.8, 4) is 20.9 Å². The van der Waals surface area contributed by atoms with Crippen molar-refractivity contribution in [2.24, 2.45) is 17.8 Å². The van der Waals surface area contributed by atoms with Gasteiger partial charge in [-0.05, 0) is 125 Å². The smallest absolute Gasteiger partial charge is 0.264 e. The molecule has 13 heteroatoms. The van der Waals surface area contributed by atoms with Crippen LogP contribution < -0.4 is 0 Å². The van der Waals surface area contributed by atoms with Gasteiger partial charge in [0.2, 0.25) is 0 Å². The largest absolute Gasteiger partial charge is 0.396 e. The first-order valence-electron chi connectivity index (χ1n) is 27.3. The standard InChI is InChI=1S/C41H41F3O2S.C26H28F2O4S/c1-4-36-28(3)39(45-25-29-11-7-5-8-12-29)40(46-26-30-13-9-6-10-14-30)38(41(36,43)44)32-16-15-27(2)33(23-32)24-35-21-22-37(47-35)31-17-19-34(42)20-18-31;1-14-3-6-16(7-4-14)21-10-9-19(33-21)12-18-11-17(8-5-15(18)2)22-24(31)25(32)23(30)20(13-29)26(22,27)28/h5-23,28,36,38-40H,4,24-26H2,1-3H3;3-11,20,22-25,29-32H,12-13H2,1-2H3/t28-,36-,38+,39+,40+;20-,22+,23-,24+,25+/m11/s1. The number of halogens is 5. The summed E-state index contributed by atoms with van der Waals surface area (Å²) >= 11 is 3.28. The predicted octanol–water partition coefficient (Wildman–Crippen LogP) is 15.1. The van der Waals surface area contributed by atoms with Crippen molar-refractivity contribution in [3.63, 3.8) is 0 Å². The van der Waals surface area contributed by atoms with E-state index in [0.717, 1.165) is 64.0 Å². The number of hydrogen-bond donors (Lipinski definition) is 4. The molecule has 2 aliphatic rings. The molecule has 0 spiro atoms. The van der Waals surface area contributed by atoms with E-state index in [9.17, 15) is 24.8 Å². The van der Waals surface area contributed by atoms with Gasteiger partial charge in [0.25, 0.3) is 11.8 Å². The summed E-state index contributed by atoms with van der Waals surface area (Å²) in [7, 11) is 0. The zero-order valence-electron chi connectivity index (χ0n) is 45.5. The van der Waals surface area contributed by atoms with E-state index in [-0.39, 0.29) is 18.0 Å². The molecule has 420 valence electrons. The molecule has 10 atom stereocenters. The van der Waals surface area contributed by atoms with Gasteiger partial charge >= 0.3 is 0 Å². The molecule has 80 heavy (non-hydrogen) atoms. The van der Waals surface area contributed by atoms with Crippen LogP contribution in [-0.2, 0) is 35.5 Å². The van der Waals surface area contributed by atoms with Gasteiger partial charge in [0, 0.05) is 38.3 Å². The lowest BCUT2D eigenvalue weighted by Crippen LogP contribution is -2.61. The van der Waals surface area contributed by atoms with Gasteiger partial charge < -0.3 is 29.9 Å². The number of alkyl halides is 4. The number of ether oxygens (including phenoxy) is 2. The Kier molecular flexibility index (Phi) is 18.7. The third-order valence-electron chi connectivity index (χ3n) is 16.3. The van der Waals surface area contributed by atoms with Crippen LogP contribution in [0.2, 0.25) is 0 Å². The monoisotopic (exact) mass is 1130 g/mol. The van der Waals surface area contributed by atoms with E-state index in [1.54, 1.807) is 46.9 Å². The third-order valence-corrected chi connectivity index (χ3v) is 18.5. The Bertz CT molecular complexity index is 3280. The highest BCUT2D eigenvalue weighted by Gasteiger charge is 2.62. The fourth-order valence-electron chi connectivity index (χ4n) is 11.6. The van der Waals surface area contributed by atoms with E-state index in [4.69, 9.17) is 9.47 Å². The quantitative estimate of drug-likeness (QED) is 0.0720. The van der Waals surface area contributed by atoms with Gasteiger partial charge in [-0.15, -0.1) is 22.7 Å². The fourth-order valence-corrected chi connectivity index (χ4v) is 13.7. The highest BCUT2D eigenvalue weighted by Crippen LogP contribution is 2.54. The molecular weight excluding hydrogens is 1060 g/mol. The van der Waals surface area contributed by atoms with Crippen LogP contribution in [0.15, 0.2) is 170 Å². The highest BCUT2D eigenvalue weighted by molar-refractivity contribution is 7.15. The second kappa shape index (κ2) is 25.5. The van der Waals surface area contributed by atoms with Crippen molar-refractivity contribution < 1.29 is 51.9 Å². The Morgan fingerprint density at radius 3 is 1.46 bits per heavy atom. The number of benzene rings is 6. The summed E-state index contributed by atoms with van der Waals surface area (Å²) < 4.78 is 90.8. The second-order valence-corrected chi connectivity index (χ2v) is 23.9. The lowest BCUT2D eigenvalue weighted by molar-refractivity contribution is -0.232. The summed E-state index contributed by atoms with van der Waals surface area (Å²) in [6, 6.07) is 53.2. The number of thiophene rings is 2. The molecule has 0 bridgehead atoms. The maximum Gasteiger partial charge on any atom is 0.264 e. The molecule has 2 heterocycles. The summed E-state index contributed by atoms with van der Waals surface area (Å²) in [4.78, 5) is 4.35. The number of aliphatic hydroxyl groups is 4. The zero-order valence-corrected chi connectivity index (χ0v) is 47.1. The van der Waals surface area contributed by atoms with Crippen molar-refractivity contribution in [2.45, 2.75) is 121 Å². The van der Waals surface area contributed by atoms with Crippen LogP contribution in [0, 0.1) is 44.3 Å². The molecule has 2 saturated carbocycles. The van der Waals surface area contributed by atoms with Gasteiger partial charge in [0.1, 0.15) is 11.9 Å². The maximum absolute atomic E-state index is 16.9. The summed E-state index contributed by atoms with van der Waals surface area (Å²) in [5, 5.41) is 40.0. The van der Waals surface area contributed by atoms with Crippen LogP contribution in [0.5, 0.6) is 0 Å². The lowest BCUT2D eigenvalue weighted by Gasteiger charge is -2.50. The molecule has 2 fully saturated rings. The van der Waals surface area contributed by atoms with Crippen LogP contribution >= 0.6 is 22.7 Å². The SMILES string of the molecule is CC[C@@H]1[C@@H](C)[C@H](OCc2ccccc2)[C@@H](OCc2ccccc2)[C@H](c2ccc(C)c(Cc3ccc(-c4ccc(F)cc4)s3)c2)C1(F)F.Cc1ccc(-c2ccc(Cc3cc([C@H]4[C@H](O)[C@@H](O)[C@H](O)[C@@H](CO)C4(F)F)ccc3C)s2)cc1. The van der Waals surface area contributed by atoms with Crippen molar-refractivity contribution in [1.29, 1.82) is 0 Å². The summed E-state index contributed by atoms with van der Waals surface area (Å²) in [6.07, 6.45) is -5.45. The molecule has 0 amide bonds. The number of rotatable bonds is 16. The van der Waals surface area contributed by atoms with Crippen molar-refractivity contribution >= 4 is 22.7 Å². The molecule has 0 unspecified atom stereocenters. The van der Waals surface area contributed by atoms with Gasteiger partial charge in [-0.1, -0.05) is 153 Å². The molecule has 0 aliphatic heterocycles. The molecule has 0 radical (unpaired) electrons. The van der Waals surface area contributed by atoms with Crippen LogP contribution in [0.4, 0.5) is 22.0 Å². The van der Waals surface area contributed by atoms with E-state index in [0.29, 0.717) is 31.4 Å². The number of hydrogen-bond acceptors (Lipinski definition) is 8. The lowest BCUT2D eigenvalue weighted by atomic mass is 9.65. The fraction of sp³-hybridized carbons (Fsp3) is 0.343. The summed E-state index contributed by atoms with van der Waals surface area (Å²) in [6.45, 7) is 9.25. The number of aryl methyl sites for hydroxylation is 3. The normalized spacial score (nSPS) is 24.2. The Balaban J connectivity index is 0.000000206. The van der Waals surface area contributed by atoms with E-state index in [1.807, 2.05) is 132 Å². The molecule has 0 saturated heterocycles.